The molecule has 3 rings (SSSR count). The number of ether oxygens (including phenoxy) is 3. The van der Waals surface area contributed by atoms with Gasteiger partial charge in [-0.1, -0.05) is 23.5 Å². The zero-order valence-electron chi connectivity index (χ0n) is 15.7. The molecule has 3 aromatic rings. The molecular formula is C21H19F2NO4S. The van der Waals surface area contributed by atoms with Gasteiger partial charge in [0.2, 0.25) is 0 Å². The van der Waals surface area contributed by atoms with Crippen LogP contribution in [0.1, 0.15) is 24.5 Å². The summed E-state index contributed by atoms with van der Waals surface area (Å²) in [5.41, 5.74) is 1.04. The van der Waals surface area contributed by atoms with Crippen LogP contribution in [0.3, 0.4) is 0 Å². The highest BCUT2D eigenvalue weighted by atomic mass is 32.1. The Bertz CT molecular complexity index is 940. The van der Waals surface area contributed by atoms with Crippen LogP contribution in [-0.4, -0.2) is 17.6 Å². The maximum atomic E-state index is 14.3. The van der Waals surface area contributed by atoms with E-state index in [1.165, 1.54) is 23.5 Å². The van der Waals surface area contributed by atoms with E-state index in [0.29, 0.717) is 22.1 Å². The van der Waals surface area contributed by atoms with Crippen molar-refractivity contribution >= 4 is 17.3 Å². The second-order valence-corrected chi connectivity index (χ2v) is 6.89. The van der Waals surface area contributed by atoms with Crippen LogP contribution < -0.4 is 9.47 Å². The van der Waals surface area contributed by atoms with E-state index in [1.54, 1.807) is 42.8 Å². The van der Waals surface area contributed by atoms with E-state index in [1.807, 2.05) is 0 Å². The second kappa shape index (κ2) is 9.97. The zero-order chi connectivity index (χ0) is 20.6. The molecule has 0 aliphatic rings. The molecule has 29 heavy (non-hydrogen) atoms. The molecule has 0 aliphatic carbocycles. The Balaban J connectivity index is 1.62. The molecule has 0 saturated heterocycles. The van der Waals surface area contributed by atoms with Crippen LogP contribution in [-0.2, 0) is 22.6 Å². The fraction of sp³-hybridized carbons (Fsp3) is 0.238. The molecule has 0 bridgehead atoms. The SMILES string of the molecule is CCOC(=O)CCc1cc(F)c(OCc2cccc(Oc3nccs3)c2)c(F)c1. The van der Waals surface area contributed by atoms with Crippen molar-refractivity contribution in [3.8, 4) is 16.7 Å². The van der Waals surface area contributed by atoms with E-state index in [-0.39, 0.29) is 26.1 Å². The number of aromatic nitrogens is 1. The van der Waals surface area contributed by atoms with E-state index in [9.17, 15) is 13.6 Å². The predicted molar refractivity (Wildman–Crippen MR) is 104 cm³/mol. The fourth-order valence-corrected chi connectivity index (χ4v) is 3.09. The summed E-state index contributed by atoms with van der Waals surface area (Å²) >= 11 is 1.35. The highest BCUT2D eigenvalue weighted by Gasteiger charge is 2.14. The van der Waals surface area contributed by atoms with Gasteiger partial charge >= 0.3 is 5.97 Å². The van der Waals surface area contributed by atoms with Crippen LogP contribution >= 0.6 is 11.3 Å². The number of hydrogen-bond donors (Lipinski definition) is 0. The quantitative estimate of drug-likeness (QED) is 0.441. The summed E-state index contributed by atoms with van der Waals surface area (Å²) in [6, 6.07) is 9.32. The Hall–Kier alpha value is -3.00. The molecule has 0 radical (unpaired) electrons. The summed E-state index contributed by atoms with van der Waals surface area (Å²) in [4.78, 5) is 15.4. The van der Waals surface area contributed by atoms with Crippen LogP contribution in [0.5, 0.6) is 16.7 Å². The number of nitrogens with zero attached hydrogens (tertiary/aromatic N) is 1. The Kier molecular flexibility index (Phi) is 7.13. The van der Waals surface area contributed by atoms with Gasteiger partial charge in [0.15, 0.2) is 17.4 Å². The summed E-state index contributed by atoms with van der Waals surface area (Å²) in [6.07, 6.45) is 1.87. The molecule has 0 atom stereocenters. The maximum absolute atomic E-state index is 14.3. The molecule has 152 valence electrons. The summed E-state index contributed by atoms with van der Waals surface area (Å²) < 4.78 is 44.4. The third-order valence-corrected chi connectivity index (χ3v) is 4.53. The number of aryl methyl sites for hydroxylation is 1. The Morgan fingerprint density at radius 3 is 2.62 bits per heavy atom. The third kappa shape index (κ3) is 5.99. The lowest BCUT2D eigenvalue weighted by Crippen LogP contribution is -2.06. The number of rotatable bonds is 9. The summed E-state index contributed by atoms with van der Waals surface area (Å²) in [5.74, 6) is -1.96. The van der Waals surface area contributed by atoms with Gasteiger partial charge in [0.1, 0.15) is 12.4 Å². The first-order valence-electron chi connectivity index (χ1n) is 8.97. The lowest BCUT2D eigenvalue weighted by Gasteiger charge is -2.11. The molecule has 0 unspecified atom stereocenters. The van der Waals surface area contributed by atoms with Crippen molar-refractivity contribution in [2.24, 2.45) is 0 Å². The molecule has 1 aromatic heterocycles. The van der Waals surface area contributed by atoms with Crippen LogP contribution in [0.2, 0.25) is 0 Å². The van der Waals surface area contributed by atoms with Crippen molar-refractivity contribution in [1.82, 2.24) is 4.98 Å². The van der Waals surface area contributed by atoms with Gasteiger partial charge < -0.3 is 14.2 Å². The minimum Gasteiger partial charge on any atom is -0.483 e. The Labute approximate surface area is 170 Å². The topological polar surface area (TPSA) is 57.7 Å². The molecule has 5 nitrogen and oxygen atoms in total. The fourth-order valence-electron chi connectivity index (χ4n) is 2.59. The van der Waals surface area contributed by atoms with Crippen molar-refractivity contribution in [2.45, 2.75) is 26.4 Å². The maximum Gasteiger partial charge on any atom is 0.306 e. The van der Waals surface area contributed by atoms with Gasteiger partial charge in [0, 0.05) is 18.0 Å². The van der Waals surface area contributed by atoms with Crippen molar-refractivity contribution in [1.29, 1.82) is 0 Å². The van der Waals surface area contributed by atoms with Crippen molar-refractivity contribution in [2.75, 3.05) is 6.61 Å². The van der Waals surface area contributed by atoms with Crippen LogP contribution in [0, 0.1) is 11.6 Å². The van der Waals surface area contributed by atoms with Gasteiger partial charge in [-0.2, -0.15) is 0 Å². The molecule has 0 aliphatic heterocycles. The standard InChI is InChI=1S/C21H19F2NO4S/c1-2-26-19(25)7-6-14-11-17(22)20(18(23)12-14)27-13-15-4-3-5-16(10-15)28-21-24-8-9-29-21/h3-5,8-12H,2,6-7,13H2,1H3. The highest BCUT2D eigenvalue weighted by molar-refractivity contribution is 7.11. The molecular weight excluding hydrogens is 400 g/mol. The second-order valence-electron chi connectivity index (χ2n) is 6.03. The molecule has 0 N–H and O–H groups in total. The largest absolute Gasteiger partial charge is 0.483 e. The monoisotopic (exact) mass is 419 g/mol. The predicted octanol–water partition coefficient (Wildman–Crippen LogP) is 5.29. The van der Waals surface area contributed by atoms with Crippen LogP contribution in [0.4, 0.5) is 8.78 Å². The smallest absolute Gasteiger partial charge is 0.306 e. The average Bonchev–Trinajstić information content (AvgIpc) is 3.19. The molecule has 1 heterocycles. The Morgan fingerprint density at radius 1 is 1.14 bits per heavy atom. The van der Waals surface area contributed by atoms with E-state index in [2.05, 4.69) is 4.98 Å². The number of esters is 1. The summed E-state index contributed by atoms with van der Waals surface area (Å²) in [6.45, 7) is 1.93. The van der Waals surface area contributed by atoms with Crippen LogP contribution in [0.25, 0.3) is 0 Å². The third-order valence-electron chi connectivity index (χ3n) is 3.88. The molecule has 0 saturated carbocycles. The first-order chi connectivity index (χ1) is 14.0. The van der Waals surface area contributed by atoms with Gasteiger partial charge in [0.25, 0.3) is 5.19 Å². The van der Waals surface area contributed by atoms with Crippen LogP contribution in [0.15, 0.2) is 48.0 Å². The van der Waals surface area contributed by atoms with E-state index >= 15 is 0 Å². The molecule has 0 amide bonds. The molecule has 0 spiro atoms. The number of benzene rings is 2. The van der Waals surface area contributed by atoms with Gasteiger partial charge in [-0.25, -0.2) is 13.8 Å². The highest BCUT2D eigenvalue weighted by Crippen LogP contribution is 2.27. The first kappa shape index (κ1) is 20.7. The van der Waals surface area contributed by atoms with Crippen molar-refractivity contribution in [3.63, 3.8) is 0 Å². The molecule has 2 aromatic carbocycles. The Morgan fingerprint density at radius 2 is 1.93 bits per heavy atom. The number of carbonyl (C=O) groups is 1. The average molecular weight is 419 g/mol. The normalized spacial score (nSPS) is 10.6. The minimum absolute atomic E-state index is 0.0366. The summed E-state index contributed by atoms with van der Waals surface area (Å²) in [7, 11) is 0. The van der Waals surface area contributed by atoms with E-state index in [0.717, 1.165) is 0 Å². The van der Waals surface area contributed by atoms with E-state index in [4.69, 9.17) is 14.2 Å². The lowest BCUT2D eigenvalue weighted by atomic mass is 10.1. The molecule has 8 heteroatoms. The van der Waals surface area contributed by atoms with E-state index < -0.39 is 23.4 Å². The van der Waals surface area contributed by atoms with Gasteiger partial charge in [0.05, 0.1) is 6.61 Å². The number of thiazole rings is 1. The summed E-state index contributed by atoms with van der Waals surface area (Å²) in [5, 5.41) is 2.29. The number of carbonyl (C=O) groups excluding carboxylic acids is 1. The minimum atomic E-state index is -0.820. The van der Waals surface area contributed by atoms with Crippen molar-refractivity contribution in [3.05, 3.63) is 70.7 Å². The van der Waals surface area contributed by atoms with Crippen molar-refractivity contribution < 1.29 is 27.8 Å². The lowest BCUT2D eigenvalue weighted by molar-refractivity contribution is -0.143. The zero-order valence-corrected chi connectivity index (χ0v) is 16.5. The number of halogens is 2. The van der Waals surface area contributed by atoms with Gasteiger partial charge in [-0.3, -0.25) is 4.79 Å². The van der Waals surface area contributed by atoms with Gasteiger partial charge in [-0.05, 0) is 48.7 Å². The number of hydrogen-bond acceptors (Lipinski definition) is 6. The first-order valence-corrected chi connectivity index (χ1v) is 9.85. The molecule has 0 fully saturated rings. The van der Waals surface area contributed by atoms with Gasteiger partial charge in [-0.15, -0.1) is 0 Å².